The van der Waals surface area contributed by atoms with Gasteiger partial charge in [0.25, 0.3) is 0 Å². The number of rotatable bonds is 5. The van der Waals surface area contributed by atoms with Crippen LogP contribution >= 0.6 is 0 Å². The van der Waals surface area contributed by atoms with Gasteiger partial charge in [0.15, 0.2) is 0 Å². The molecule has 2 aromatic rings. The van der Waals surface area contributed by atoms with Crippen molar-refractivity contribution in [3.05, 3.63) is 18.2 Å². The predicted molar refractivity (Wildman–Crippen MR) is 83.9 cm³/mol. The summed E-state index contributed by atoms with van der Waals surface area (Å²) in [6, 6.07) is 6.00. The van der Waals surface area contributed by atoms with Crippen LogP contribution in [0.3, 0.4) is 0 Å². The number of fused-ring (bicyclic) bond motifs is 1. The van der Waals surface area contributed by atoms with Gasteiger partial charge in [0.05, 0.1) is 11.6 Å². The Bertz CT molecular complexity index is 587. The Labute approximate surface area is 120 Å². The zero-order valence-corrected chi connectivity index (χ0v) is 13.1. The Morgan fingerprint density at radius 2 is 1.90 bits per heavy atom. The van der Waals surface area contributed by atoms with E-state index in [4.69, 9.17) is 10.5 Å². The molecular weight excluding hydrogens is 250 g/mol. The molecule has 0 spiro atoms. The number of nitrogens with zero attached hydrogens (tertiary/aromatic N) is 2. The summed E-state index contributed by atoms with van der Waals surface area (Å²) in [5.74, 6) is 2.53. The average molecular weight is 275 g/mol. The maximum Gasteiger partial charge on any atom is 0.201 e. The number of hydrogen-bond donors (Lipinski definition) is 1. The summed E-state index contributed by atoms with van der Waals surface area (Å²) in [5.41, 5.74) is 8.00. The van der Waals surface area contributed by atoms with Crippen molar-refractivity contribution in [3.8, 4) is 5.75 Å². The SMILES string of the molecule is CC(C)Oc1cccc2c1nc(N)n2CC(C)C(C)C. The summed E-state index contributed by atoms with van der Waals surface area (Å²) >= 11 is 0. The highest BCUT2D eigenvalue weighted by atomic mass is 16.5. The second-order valence-corrected chi connectivity index (χ2v) is 6.09. The minimum atomic E-state index is 0.126. The molecule has 0 fully saturated rings. The fourth-order valence-corrected chi connectivity index (χ4v) is 2.18. The molecule has 4 heteroatoms. The van der Waals surface area contributed by atoms with Gasteiger partial charge in [-0.15, -0.1) is 0 Å². The van der Waals surface area contributed by atoms with Crippen LogP contribution in [0.2, 0.25) is 0 Å². The molecule has 1 unspecified atom stereocenters. The van der Waals surface area contributed by atoms with Crippen molar-refractivity contribution in [2.75, 3.05) is 5.73 Å². The summed E-state index contributed by atoms with van der Waals surface area (Å²) in [6.07, 6.45) is 0.126. The number of para-hydroxylation sites is 1. The summed E-state index contributed by atoms with van der Waals surface area (Å²) in [5, 5.41) is 0. The molecule has 1 aromatic heterocycles. The van der Waals surface area contributed by atoms with Crippen molar-refractivity contribution in [1.29, 1.82) is 0 Å². The molecule has 110 valence electrons. The Morgan fingerprint density at radius 1 is 1.20 bits per heavy atom. The van der Waals surface area contributed by atoms with Crippen molar-refractivity contribution in [3.63, 3.8) is 0 Å². The first-order valence-corrected chi connectivity index (χ1v) is 7.31. The molecule has 20 heavy (non-hydrogen) atoms. The van der Waals surface area contributed by atoms with E-state index in [0.29, 0.717) is 17.8 Å². The van der Waals surface area contributed by atoms with Gasteiger partial charge in [-0.1, -0.05) is 26.8 Å². The molecule has 1 aromatic carbocycles. The average Bonchev–Trinajstić information content (AvgIpc) is 2.67. The van der Waals surface area contributed by atoms with E-state index >= 15 is 0 Å². The quantitative estimate of drug-likeness (QED) is 0.905. The monoisotopic (exact) mass is 275 g/mol. The summed E-state index contributed by atoms with van der Waals surface area (Å²) in [4.78, 5) is 4.49. The van der Waals surface area contributed by atoms with Gasteiger partial charge in [0.1, 0.15) is 11.3 Å². The molecule has 0 saturated heterocycles. The van der Waals surface area contributed by atoms with Crippen molar-refractivity contribution >= 4 is 17.0 Å². The standard InChI is InChI=1S/C16H25N3O/c1-10(2)12(5)9-19-13-7-6-8-14(20-11(3)4)15(13)18-16(19)17/h6-8,10-12H,9H2,1-5H3,(H2,17,18). The normalized spacial score (nSPS) is 13.3. The highest BCUT2D eigenvalue weighted by Crippen LogP contribution is 2.29. The second kappa shape index (κ2) is 5.73. The van der Waals surface area contributed by atoms with Crippen molar-refractivity contribution < 1.29 is 4.74 Å². The van der Waals surface area contributed by atoms with Crippen LogP contribution in [0.25, 0.3) is 11.0 Å². The van der Waals surface area contributed by atoms with Gasteiger partial charge in [-0.3, -0.25) is 0 Å². The molecule has 0 saturated carbocycles. The zero-order valence-electron chi connectivity index (χ0n) is 13.1. The molecule has 2 N–H and O–H groups in total. The van der Waals surface area contributed by atoms with Crippen molar-refractivity contribution in [2.45, 2.75) is 47.3 Å². The van der Waals surface area contributed by atoms with Gasteiger partial charge in [0, 0.05) is 6.54 Å². The number of imidazole rings is 1. The topological polar surface area (TPSA) is 53.1 Å². The first-order chi connectivity index (χ1) is 9.40. The van der Waals surface area contributed by atoms with E-state index in [0.717, 1.165) is 23.3 Å². The number of aromatic nitrogens is 2. The molecule has 0 bridgehead atoms. The van der Waals surface area contributed by atoms with Crippen molar-refractivity contribution in [2.24, 2.45) is 11.8 Å². The summed E-state index contributed by atoms with van der Waals surface area (Å²) < 4.78 is 7.91. The number of hydrogen-bond acceptors (Lipinski definition) is 3. The number of anilines is 1. The fraction of sp³-hybridized carbons (Fsp3) is 0.562. The molecule has 1 heterocycles. The molecule has 0 aliphatic carbocycles. The lowest BCUT2D eigenvalue weighted by atomic mass is 9.98. The van der Waals surface area contributed by atoms with Crippen LogP contribution in [0, 0.1) is 11.8 Å². The first kappa shape index (κ1) is 14.7. The van der Waals surface area contributed by atoms with E-state index in [-0.39, 0.29) is 6.10 Å². The number of ether oxygens (including phenoxy) is 1. The third kappa shape index (κ3) is 2.89. The molecule has 4 nitrogen and oxygen atoms in total. The molecule has 0 radical (unpaired) electrons. The third-order valence-corrected chi connectivity index (χ3v) is 3.74. The predicted octanol–water partition coefficient (Wildman–Crippen LogP) is 3.70. The van der Waals surface area contributed by atoms with E-state index in [1.54, 1.807) is 0 Å². The van der Waals surface area contributed by atoms with E-state index in [9.17, 15) is 0 Å². The Balaban J connectivity index is 2.44. The minimum Gasteiger partial charge on any atom is -0.489 e. The van der Waals surface area contributed by atoms with Crippen molar-refractivity contribution in [1.82, 2.24) is 9.55 Å². The lowest BCUT2D eigenvalue weighted by molar-refractivity contribution is 0.245. The maximum atomic E-state index is 6.10. The van der Waals surface area contributed by atoms with Gasteiger partial charge in [-0.05, 0) is 37.8 Å². The van der Waals surface area contributed by atoms with Crippen LogP contribution in [0.1, 0.15) is 34.6 Å². The molecule has 1 atom stereocenters. The second-order valence-electron chi connectivity index (χ2n) is 6.09. The van der Waals surface area contributed by atoms with Gasteiger partial charge >= 0.3 is 0 Å². The molecule has 0 aliphatic rings. The minimum absolute atomic E-state index is 0.126. The number of benzene rings is 1. The van der Waals surface area contributed by atoms with Crippen LogP contribution in [-0.2, 0) is 6.54 Å². The highest BCUT2D eigenvalue weighted by molar-refractivity contribution is 5.84. The number of nitrogens with two attached hydrogens (primary N) is 1. The lowest BCUT2D eigenvalue weighted by Crippen LogP contribution is -2.14. The lowest BCUT2D eigenvalue weighted by Gasteiger charge is -2.17. The molecule has 0 aliphatic heterocycles. The largest absolute Gasteiger partial charge is 0.489 e. The Kier molecular flexibility index (Phi) is 4.21. The third-order valence-electron chi connectivity index (χ3n) is 3.74. The van der Waals surface area contributed by atoms with Crippen LogP contribution in [-0.4, -0.2) is 15.7 Å². The van der Waals surface area contributed by atoms with E-state index in [1.165, 1.54) is 0 Å². The number of nitrogen functional groups attached to an aromatic ring is 1. The Hall–Kier alpha value is -1.71. The highest BCUT2D eigenvalue weighted by Gasteiger charge is 2.16. The van der Waals surface area contributed by atoms with Crippen LogP contribution in [0.15, 0.2) is 18.2 Å². The summed E-state index contributed by atoms with van der Waals surface area (Å²) in [7, 11) is 0. The van der Waals surface area contributed by atoms with Gasteiger partial charge in [0.2, 0.25) is 5.95 Å². The van der Waals surface area contributed by atoms with Crippen LogP contribution < -0.4 is 10.5 Å². The van der Waals surface area contributed by atoms with Crippen LogP contribution in [0.5, 0.6) is 5.75 Å². The zero-order chi connectivity index (χ0) is 14.9. The molecule has 2 rings (SSSR count). The van der Waals surface area contributed by atoms with E-state index in [1.807, 2.05) is 26.0 Å². The van der Waals surface area contributed by atoms with Gasteiger partial charge < -0.3 is 15.0 Å². The molecule has 0 amide bonds. The van der Waals surface area contributed by atoms with E-state index in [2.05, 4.69) is 36.4 Å². The molecular formula is C16H25N3O. The first-order valence-electron chi connectivity index (χ1n) is 7.31. The smallest absolute Gasteiger partial charge is 0.201 e. The Morgan fingerprint density at radius 3 is 2.50 bits per heavy atom. The maximum absolute atomic E-state index is 6.10. The van der Waals surface area contributed by atoms with Crippen LogP contribution in [0.4, 0.5) is 5.95 Å². The van der Waals surface area contributed by atoms with Gasteiger partial charge in [-0.2, -0.15) is 0 Å². The van der Waals surface area contributed by atoms with E-state index < -0.39 is 0 Å². The van der Waals surface area contributed by atoms with Gasteiger partial charge in [-0.25, -0.2) is 4.98 Å². The fourth-order valence-electron chi connectivity index (χ4n) is 2.18. The summed E-state index contributed by atoms with van der Waals surface area (Å²) in [6.45, 7) is 11.6.